The third kappa shape index (κ3) is 2.84. The van der Waals surface area contributed by atoms with Crippen molar-refractivity contribution in [3.63, 3.8) is 0 Å². The first kappa shape index (κ1) is 14.3. The van der Waals surface area contributed by atoms with E-state index in [9.17, 15) is 4.79 Å². The molecule has 0 aliphatic carbocycles. The Bertz CT molecular complexity index is 813. The van der Waals surface area contributed by atoms with Gasteiger partial charge in [0.2, 0.25) is 5.91 Å². The van der Waals surface area contributed by atoms with Gasteiger partial charge in [0.05, 0.1) is 10.5 Å². The largest absolute Gasteiger partial charge is 0.340 e. The molecule has 1 atom stereocenters. The number of hydrogen-bond donors (Lipinski definition) is 0. The Labute approximate surface area is 137 Å². The Hall–Kier alpha value is -2.28. The number of piperidine rings is 1. The van der Waals surface area contributed by atoms with E-state index in [0.29, 0.717) is 5.92 Å². The number of aromatic nitrogens is 4. The first-order valence-corrected chi connectivity index (χ1v) is 8.64. The molecule has 1 amide bonds. The maximum Gasteiger partial charge on any atom is 0.244 e. The molecular weight excluding hydrogens is 310 g/mol. The van der Waals surface area contributed by atoms with Crippen LogP contribution in [0.15, 0.2) is 35.8 Å². The van der Waals surface area contributed by atoms with Gasteiger partial charge in [0.15, 0.2) is 0 Å². The van der Waals surface area contributed by atoms with Crippen LogP contribution in [0.5, 0.6) is 0 Å². The highest BCUT2D eigenvalue weighted by molar-refractivity contribution is 7.09. The van der Waals surface area contributed by atoms with Gasteiger partial charge in [-0.25, -0.2) is 9.67 Å². The second-order valence-corrected chi connectivity index (χ2v) is 6.71. The third-order valence-corrected chi connectivity index (χ3v) is 5.22. The Kier molecular flexibility index (Phi) is 3.78. The lowest BCUT2D eigenvalue weighted by Gasteiger charge is -2.31. The molecule has 118 valence electrons. The highest BCUT2D eigenvalue weighted by Gasteiger charge is 2.26. The van der Waals surface area contributed by atoms with Crippen LogP contribution in [0.1, 0.15) is 23.8 Å². The molecule has 6 nitrogen and oxygen atoms in total. The molecular formula is C16H17N5OS. The van der Waals surface area contributed by atoms with E-state index in [1.165, 1.54) is 0 Å². The molecule has 1 aliphatic heterocycles. The first-order valence-electron chi connectivity index (χ1n) is 7.76. The lowest BCUT2D eigenvalue weighted by Crippen LogP contribution is -2.41. The quantitative estimate of drug-likeness (QED) is 0.740. The summed E-state index contributed by atoms with van der Waals surface area (Å²) in [6.45, 7) is 1.80. The SMILES string of the molecule is O=C(Cn1nnc2ccccc21)N1CCCC(c2nccs2)C1. The minimum Gasteiger partial charge on any atom is -0.340 e. The lowest BCUT2D eigenvalue weighted by atomic mass is 9.99. The summed E-state index contributed by atoms with van der Waals surface area (Å²) >= 11 is 1.67. The van der Waals surface area contributed by atoms with Gasteiger partial charge in [-0.1, -0.05) is 17.3 Å². The molecule has 3 aromatic rings. The second kappa shape index (κ2) is 6.08. The fourth-order valence-corrected chi connectivity index (χ4v) is 3.87. The van der Waals surface area contributed by atoms with Crippen molar-refractivity contribution in [1.82, 2.24) is 24.9 Å². The van der Waals surface area contributed by atoms with Crippen molar-refractivity contribution < 1.29 is 4.79 Å². The zero-order valence-corrected chi connectivity index (χ0v) is 13.4. The molecule has 2 aromatic heterocycles. The summed E-state index contributed by atoms with van der Waals surface area (Å²) in [5, 5.41) is 11.3. The summed E-state index contributed by atoms with van der Waals surface area (Å²) < 4.78 is 1.69. The molecule has 1 saturated heterocycles. The maximum absolute atomic E-state index is 12.6. The van der Waals surface area contributed by atoms with Gasteiger partial charge in [0.25, 0.3) is 0 Å². The summed E-state index contributed by atoms with van der Waals surface area (Å²) in [7, 11) is 0. The zero-order chi connectivity index (χ0) is 15.6. The highest BCUT2D eigenvalue weighted by atomic mass is 32.1. The van der Waals surface area contributed by atoms with Gasteiger partial charge in [-0.05, 0) is 25.0 Å². The van der Waals surface area contributed by atoms with Gasteiger partial charge in [-0.15, -0.1) is 16.4 Å². The number of amides is 1. The second-order valence-electron chi connectivity index (χ2n) is 5.79. The minimum absolute atomic E-state index is 0.0990. The summed E-state index contributed by atoms with van der Waals surface area (Å²) in [5.74, 6) is 0.460. The molecule has 0 N–H and O–H groups in total. The molecule has 7 heteroatoms. The van der Waals surface area contributed by atoms with Gasteiger partial charge in [0, 0.05) is 30.6 Å². The van der Waals surface area contributed by atoms with Crippen LogP contribution < -0.4 is 0 Å². The Balaban J connectivity index is 1.48. The standard InChI is InChI=1S/C16H17N5OS/c22-15(11-21-14-6-2-1-5-13(14)18-19-21)20-8-3-4-12(10-20)16-17-7-9-23-16/h1-2,5-7,9,12H,3-4,8,10-11H2. The number of rotatable bonds is 3. The number of hydrogen-bond acceptors (Lipinski definition) is 5. The molecule has 1 fully saturated rings. The fourth-order valence-electron chi connectivity index (χ4n) is 3.10. The van der Waals surface area contributed by atoms with Crippen LogP contribution in [0, 0.1) is 0 Å². The number of carbonyl (C=O) groups is 1. The van der Waals surface area contributed by atoms with Crippen LogP contribution in [0.25, 0.3) is 11.0 Å². The summed E-state index contributed by atoms with van der Waals surface area (Å²) in [6.07, 6.45) is 3.96. The van der Waals surface area contributed by atoms with Crippen LogP contribution in [0.2, 0.25) is 0 Å². The number of carbonyl (C=O) groups excluding carboxylic acids is 1. The Morgan fingerprint density at radius 2 is 2.26 bits per heavy atom. The van der Waals surface area contributed by atoms with E-state index in [0.717, 1.165) is 42.0 Å². The molecule has 0 bridgehead atoms. The smallest absolute Gasteiger partial charge is 0.244 e. The van der Waals surface area contributed by atoms with Crippen molar-refractivity contribution in [3.8, 4) is 0 Å². The van der Waals surface area contributed by atoms with Crippen molar-refractivity contribution in [2.24, 2.45) is 0 Å². The monoisotopic (exact) mass is 327 g/mol. The number of likely N-dealkylation sites (tertiary alicyclic amines) is 1. The zero-order valence-electron chi connectivity index (χ0n) is 12.6. The molecule has 1 aliphatic rings. The molecule has 0 saturated carbocycles. The van der Waals surface area contributed by atoms with E-state index in [1.54, 1.807) is 16.0 Å². The van der Waals surface area contributed by atoms with Gasteiger partial charge < -0.3 is 4.90 Å². The average Bonchev–Trinajstić information content (AvgIpc) is 3.25. The topological polar surface area (TPSA) is 63.9 Å². The first-order chi connectivity index (χ1) is 11.3. The normalized spacial score (nSPS) is 18.4. The van der Waals surface area contributed by atoms with Gasteiger partial charge in [-0.3, -0.25) is 4.79 Å². The van der Waals surface area contributed by atoms with Crippen LogP contribution in [0.4, 0.5) is 0 Å². The van der Waals surface area contributed by atoms with E-state index >= 15 is 0 Å². The Morgan fingerprint density at radius 1 is 1.35 bits per heavy atom. The van der Waals surface area contributed by atoms with E-state index < -0.39 is 0 Å². The van der Waals surface area contributed by atoms with Crippen molar-refractivity contribution in [1.29, 1.82) is 0 Å². The van der Waals surface area contributed by atoms with Crippen LogP contribution in [0.3, 0.4) is 0 Å². The van der Waals surface area contributed by atoms with Crippen LogP contribution in [-0.4, -0.2) is 43.9 Å². The summed E-state index contributed by atoms with van der Waals surface area (Å²) in [4.78, 5) is 19.0. The number of nitrogens with zero attached hydrogens (tertiary/aromatic N) is 5. The molecule has 0 radical (unpaired) electrons. The molecule has 4 rings (SSSR count). The molecule has 3 heterocycles. The van der Waals surface area contributed by atoms with Crippen LogP contribution >= 0.6 is 11.3 Å². The van der Waals surface area contributed by atoms with E-state index in [4.69, 9.17) is 0 Å². The molecule has 0 spiro atoms. The predicted molar refractivity (Wildman–Crippen MR) is 88.2 cm³/mol. The van der Waals surface area contributed by atoms with Crippen molar-refractivity contribution in [2.45, 2.75) is 25.3 Å². The van der Waals surface area contributed by atoms with Gasteiger partial charge in [-0.2, -0.15) is 0 Å². The van der Waals surface area contributed by atoms with Crippen LogP contribution in [-0.2, 0) is 11.3 Å². The van der Waals surface area contributed by atoms with Gasteiger partial charge in [0.1, 0.15) is 12.1 Å². The minimum atomic E-state index is 0.0990. The van der Waals surface area contributed by atoms with Gasteiger partial charge >= 0.3 is 0 Å². The molecule has 1 unspecified atom stereocenters. The number of thiazole rings is 1. The summed E-state index contributed by atoms with van der Waals surface area (Å²) in [5.41, 5.74) is 1.72. The molecule has 23 heavy (non-hydrogen) atoms. The van der Waals surface area contributed by atoms with E-state index in [2.05, 4.69) is 15.3 Å². The maximum atomic E-state index is 12.6. The average molecular weight is 327 g/mol. The van der Waals surface area contributed by atoms with Crippen molar-refractivity contribution in [2.75, 3.05) is 13.1 Å². The number of para-hydroxylation sites is 1. The van der Waals surface area contributed by atoms with E-state index in [1.807, 2.05) is 40.7 Å². The lowest BCUT2D eigenvalue weighted by molar-refractivity contribution is -0.133. The number of benzene rings is 1. The van der Waals surface area contributed by atoms with Crippen molar-refractivity contribution in [3.05, 3.63) is 40.8 Å². The Morgan fingerprint density at radius 3 is 3.13 bits per heavy atom. The third-order valence-electron chi connectivity index (χ3n) is 4.28. The highest BCUT2D eigenvalue weighted by Crippen LogP contribution is 2.28. The molecule has 1 aromatic carbocycles. The summed E-state index contributed by atoms with van der Waals surface area (Å²) in [6, 6.07) is 7.71. The number of fused-ring (bicyclic) bond motifs is 1. The predicted octanol–water partition coefficient (Wildman–Crippen LogP) is 2.29. The fraction of sp³-hybridized carbons (Fsp3) is 0.375. The van der Waals surface area contributed by atoms with Crippen molar-refractivity contribution >= 4 is 28.3 Å². The van der Waals surface area contributed by atoms with E-state index in [-0.39, 0.29) is 12.5 Å².